The number of benzene rings is 1. The third-order valence-corrected chi connectivity index (χ3v) is 5.79. The first kappa shape index (κ1) is 15.7. The summed E-state index contributed by atoms with van der Waals surface area (Å²) in [7, 11) is -3.90. The molecule has 0 bridgehead atoms. The number of halogens is 2. The molecule has 0 radical (unpaired) electrons. The van der Waals surface area contributed by atoms with Crippen molar-refractivity contribution in [1.82, 2.24) is 4.72 Å². The molecular weight excluding hydrogens is 347 g/mol. The van der Waals surface area contributed by atoms with Crippen LogP contribution in [0.1, 0.15) is 32.6 Å². The molecule has 20 heavy (non-hydrogen) atoms. The molecule has 1 aliphatic carbocycles. The van der Waals surface area contributed by atoms with Gasteiger partial charge in [0, 0.05) is 11.7 Å². The zero-order valence-corrected chi connectivity index (χ0v) is 13.6. The highest BCUT2D eigenvalue weighted by Gasteiger charge is 2.29. The van der Waals surface area contributed by atoms with Gasteiger partial charge in [0.25, 0.3) is 0 Å². The van der Waals surface area contributed by atoms with Crippen LogP contribution < -0.4 is 10.5 Å². The van der Waals surface area contributed by atoms with Gasteiger partial charge in [-0.3, -0.25) is 0 Å². The molecule has 1 aromatic carbocycles. The summed E-state index contributed by atoms with van der Waals surface area (Å²) < 4.78 is 41.4. The van der Waals surface area contributed by atoms with Crippen LogP contribution >= 0.6 is 15.9 Å². The maximum atomic E-state index is 14.0. The van der Waals surface area contributed by atoms with Gasteiger partial charge in [-0.05, 0) is 46.8 Å². The minimum absolute atomic E-state index is 0.0505. The topological polar surface area (TPSA) is 72.2 Å². The van der Waals surface area contributed by atoms with Crippen molar-refractivity contribution < 1.29 is 12.8 Å². The Kier molecular flexibility index (Phi) is 4.71. The summed E-state index contributed by atoms with van der Waals surface area (Å²) in [5, 5.41) is 0. The van der Waals surface area contributed by atoms with E-state index in [4.69, 9.17) is 5.73 Å². The second-order valence-corrected chi connectivity index (χ2v) is 7.84. The van der Waals surface area contributed by atoms with E-state index < -0.39 is 20.7 Å². The average molecular weight is 365 g/mol. The number of nitrogen functional groups attached to an aromatic ring is 1. The van der Waals surface area contributed by atoms with E-state index in [-0.39, 0.29) is 22.1 Å². The first-order valence-electron chi connectivity index (χ1n) is 6.58. The number of hydrogen-bond donors (Lipinski definition) is 2. The third-order valence-electron chi connectivity index (χ3n) is 3.72. The average Bonchev–Trinajstić information content (AvgIpc) is 2.36. The summed E-state index contributed by atoms with van der Waals surface area (Å²) in [5.41, 5.74) is 5.80. The van der Waals surface area contributed by atoms with Crippen molar-refractivity contribution in [1.29, 1.82) is 0 Å². The van der Waals surface area contributed by atoms with Gasteiger partial charge in [-0.25, -0.2) is 17.5 Å². The molecule has 0 aromatic heterocycles. The maximum Gasteiger partial charge on any atom is 0.243 e. The van der Waals surface area contributed by atoms with E-state index in [0.29, 0.717) is 0 Å². The molecule has 0 spiro atoms. The van der Waals surface area contributed by atoms with Crippen LogP contribution in [0.2, 0.25) is 0 Å². The molecule has 7 heteroatoms. The van der Waals surface area contributed by atoms with Crippen LogP contribution in [0.3, 0.4) is 0 Å². The lowest BCUT2D eigenvalue weighted by atomic mass is 9.87. The Morgan fingerprint density at radius 1 is 1.35 bits per heavy atom. The Morgan fingerprint density at radius 2 is 2.00 bits per heavy atom. The molecule has 3 N–H and O–H groups in total. The smallest absolute Gasteiger partial charge is 0.243 e. The van der Waals surface area contributed by atoms with E-state index in [1.165, 1.54) is 6.07 Å². The van der Waals surface area contributed by atoms with Crippen LogP contribution in [0.15, 0.2) is 21.5 Å². The maximum absolute atomic E-state index is 14.0. The van der Waals surface area contributed by atoms with Gasteiger partial charge in [0.05, 0.1) is 4.47 Å². The molecule has 1 aliphatic rings. The number of hydrogen-bond acceptors (Lipinski definition) is 3. The lowest BCUT2D eigenvalue weighted by Gasteiger charge is -2.29. The van der Waals surface area contributed by atoms with Crippen molar-refractivity contribution in [3.05, 3.63) is 22.4 Å². The largest absolute Gasteiger partial charge is 0.399 e. The van der Waals surface area contributed by atoms with Crippen LogP contribution in [0.5, 0.6) is 0 Å². The highest BCUT2D eigenvalue weighted by molar-refractivity contribution is 9.10. The van der Waals surface area contributed by atoms with Crippen LogP contribution in [0.4, 0.5) is 10.1 Å². The lowest BCUT2D eigenvalue weighted by molar-refractivity contribution is 0.310. The zero-order valence-electron chi connectivity index (χ0n) is 11.2. The van der Waals surface area contributed by atoms with E-state index >= 15 is 0 Å². The van der Waals surface area contributed by atoms with Gasteiger partial charge in [0.2, 0.25) is 10.0 Å². The Morgan fingerprint density at radius 3 is 2.65 bits per heavy atom. The van der Waals surface area contributed by atoms with Crippen LogP contribution in [0.25, 0.3) is 0 Å². The van der Waals surface area contributed by atoms with Crippen molar-refractivity contribution in [2.24, 2.45) is 5.92 Å². The summed E-state index contributed by atoms with van der Waals surface area (Å²) in [6, 6.07) is 2.35. The summed E-state index contributed by atoms with van der Waals surface area (Å²) in [4.78, 5) is -0.401. The summed E-state index contributed by atoms with van der Waals surface area (Å²) in [6.45, 7) is 2.01. The Hall–Kier alpha value is -0.660. The van der Waals surface area contributed by atoms with Crippen molar-refractivity contribution in [3.8, 4) is 0 Å². The zero-order chi connectivity index (χ0) is 14.9. The molecule has 1 saturated carbocycles. The number of anilines is 1. The molecule has 0 amide bonds. The highest BCUT2D eigenvalue weighted by atomic mass is 79.9. The highest BCUT2D eigenvalue weighted by Crippen LogP contribution is 2.29. The molecule has 2 unspecified atom stereocenters. The normalized spacial score (nSPS) is 23.8. The molecule has 1 fully saturated rings. The van der Waals surface area contributed by atoms with Crippen molar-refractivity contribution >= 4 is 31.6 Å². The predicted octanol–water partition coefficient (Wildman–Crippen LogP) is 3.03. The fourth-order valence-corrected chi connectivity index (χ4v) is 4.66. The minimum atomic E-state index is -3.90. The molecule has 1 aromatic rings. The van der Waals surface area contributed by atoms with Gasteiger partial charge in [-0.1, -0.05) is 19.8 Å². The molecule has 0 saturated heterocycles. The predicted molar refractivity (Wildman–Crippen MR) is 80.3 cm³/mol. The van der Waals surface area contributed by atoms with Crippen molar-refractivity contribution in [2.75, 3.05) is 5.73 Å². The van der Waals surface area contributed by atoms with Gasteiger partial charge in [0.1, 0.15) is 4.90 Å². The Balaban J connectivity index is 2.31. The van der Waals surface area contributed by atoms with Gasteiger partial charge in [0.15, 0.2) is 5.82 Å². The minimum Gasteiger partial charge on any atom is -0.399 e. The number of sulfonamides is 1. The summed E-state index contributed by atoms with van der Waals surface area (Å²) >= 11 is 2.98. The first-order valence-corrected chi connectivity index (χ1v) is 8.85. The van der Waals surface area contributed by atoms with E-state index in [2.05, 4.69) is 20.7 Å². The molecule has 0 aliphatic heterocycles. The summed E-state index contributed by atoms with van der Waals surface area (Å²) in [5.74, 6) is -0.554. The standard InChI is InChI=1S/C13H18BrFN2O2S/c1-8-4-2-3-5-11(8)17-20(18,19)12-7-9(16)6-10(14)13(12)15/h6-8,11,17H,2-5,16H2,1H3. The SMILES string of the molecule is CC1CCCCC1NS(=O)(=O)c1cc(N)cc(Br)c1F. The molecule has 112 valence electrons. The fourth-order valence-electron chi connectivity index (χ4n) is 2.53. The number of rotatable bonds is 3. The number of nitrogens with two attached hydrogens (primary N) is 1. The van der Waals surface area contributed by atoms with Crippen LogP contribution in [-0.2, 0) is 10.0 Å². The van der Waals surface area contributed by atoms with Crippen molar-refractivity contribution in [3.63, 3.8) is 0 Å². The number of nitrogens with one attached hydrogen (secondary N) is 1. The molecule has 2 rings (SSSR count). The second-order valence-electron chi connectivity index (χ2n) is 5.30. The molecule has 0 heterocycles. The third kappa shape index (κ3) is 3.32. The molecule has 4 nitrogen and oxygen atoms in total. The van der Waals surface area contributed by atoms with Gasteiger partial charge in [-0.2, -0.15) is 0 Å². The molecule has 2 atom stereocenters. The van der Waals surface area contributed by atoms with E-state index in [0.717, 1.165) is 31.7 Å². The molecular formula is C13H18BrFN2O2S. The van der Waals surface area contributed by atoms with E-state index in [1.54, 1.807) is 0 Å². The fraction of sp³-hybridized carbons (Fsp3) is 0.538. The van der Waals surface area contributed by atoms with Gasteiger partial charge in [-0.15, -0.1) is 0 Å². The van der Waals surface area contributed by atoms with Crippen molar-refractivity contribution in [2.45, 2.75) is 43.5 Å². The van der Waals surface area contributed by atoms with E-state index in [9.17, 15) is 12.8 Å². The Bertz CT molecular complexity index is 607. The monoisotopic (exact) mass is 364 g/mol. The quantitative estimate of drug-likeness (QED) is 0.809. The van der Waals surface area contributed by atoms with Crippen LogP contribution in [0, 0.1) is 11.7 Å². The lowest BCUT2D eigenvalue weighted by Crippen LogP contribution is -2.41. The Labute approximate surface area is 127 Å². The van der Waals surface area contributed by atoms with Crippen LogP contribution in [-0.4, -0.2) is 14.5 Å². The first-order chi connectivity index (χ1) is 9.31. The van der Waals surface area contributed by atoms with E-state index in [1.807, 2.05) is 6.92 Å². The van der Waals surface area contributed by atoms with Gasteiger partial charge < -0.3 is 5.73 Å². The second kappa shape index (κ2) is 5.99. The summed E-state index contributed by atoms with van der Waals surface area (Å²) in [6.07, 6.45) is 3.86. The van der Waals surface area contributed by atoms with Gasteiger partial charge >= 0.3 is 0 Å².